The Kier molecular flexibility index (Phi) is 10.8. The molecule has 294 valence electrons. The fraction of sp³-hybridized carbons (Fsp3) is 0.250. The number of nitrogens with zero attached hydrogens (tertiary/aromatic N) is 4. The van der Waals surface area contributed by atoms with Crippen molar-refractivity contribution in [1.29, 1.82) is 0 Å². The fourth-order valence-electron chi connectivity index (χ4n) is 7.87. The zero-order valence-electron chi connectivity index (χ0n) is 34.8. The van der Waals surface area contributed by atoms with Crippen LogP contribution < -0.4 is 9.64 Å². The van der Waals surface area contributed by atoms with Crippen LogP contribution in [0.3, 0.4) is 0 Å². The molecule has 8 rings (SSSR count). The van der Waals surface area contributed by atoms with Crippen LogP contribution in [-0.4, -0.2) is 15.0 Å². The van der Waals surface area contributed by atoms with Crippen LogP contribution in [0.2, 0.25) is 0 Å². The van der Waals surface area contributed by atoms with E-state index < -0.39 is 5.41 Å². The molecular weight excluding hydrogens is 892 g/mol. The predicted molar refractivity (Wildman–Crippen MR) is 232 cm³/mol. The van der Waals surface area contributed by atoms with Gasteiger partial charge in [-0.3, -0.25) is 15.0 Å². The first-order valence-corrected chi connectivity index (χ1v) is 19.8. The SMILES string of the molecule is CC(C)(C)c1ccc(N2c3ccc(C(C)(C)C)cc3C(c3[c-]c(Oc4[c-]c(-c5ncccn5)ccc4)ccc3)(c3ccccn3)c3cc(C(C)(C)C)ccc32)cc1.[Pt+2]. The molecule has 0 fully saturated rings. The van der Waals surface area contributed by atoms with Gasteiger partial charge in [-0.05, 0) is 86.5 Å². The summed E-state index contributed by atoms with van der Waals surface area (Å²) in [6.07, 6.45) is 5.37. The van der Waals surface area contributed by atoms with Gasteiger partial charge >= 0.3 is 21.1 Å². The summed E-state index contributed by atoms with van der Waals surface area (Å²) in [7, 11) is 0. The molecule has 58 heavy (non-hydrogen) atoms. The number of fused-ring (bicyclic) bond motifs is 2. The van der Waals surface area contributed by atoms with Crippen molar-refractivity contribution in [3.63, 3.8) is 0 Å². The zero-order chi connectivity index (χ0) is 40.2. The number of pyridine rings is 1. The molecule has 1 aliphatic rings. The first-order valence-electron chi connectivity index (χ1n) is 19.8. The molecular formula is C52H50N4OPt. The molecule has 3 heterocycles. The number of anilines is 3. The maximum Gasteiger partial charge on any atom is 2.00 e. The number of benzene rings is 5. The van der Waals surface area contributed by atoms with Gasteiger partial charge in [0, 0.05) is 35.8 Å². The van der Waals surface area contributed by atoms with Crippen LogP contribution in [0.15, 0.2) is 140 Å². The van der Waals surface area contributed by atoms with Crippen molar-refractivity contribution in [2.75, 3.05) is 4.90 Å². The Morgan fingerprint density at radius 3 is 1.60 bits per heavy atom. The third-order valence-corrected chi connectivity index (χ3v) is 11.0. The second kappa shape index (κ2) is 15.4. The van der Waals surface area contributed by atoms with Crippen LogP contribution in [0.4, 0.5) is 17.1 Å². The van der Waals surface area contributed by atoms with Crippen LogP contribution in [0, 0.1) is 12.1 Å². The molecule has 7 aromatic rings. The molecule has 0 saturated heterocycles. The van der Waals surface area contributed by atoms with Crippen LogP contribution in [0.1, 0.15) is 101 Å². The topological polar surface area (TPSA) is 51.1 Å². The van der Waals surface area contributed by atoms with Crippen molar-refractivity contribution in [1.82, 2.24) is 15.0 Å². The van der Waals surface area contributed by atoms with Gasteiger partial charge in [-0.2, -0.15) is 12.1 Å². The molecule has 0 atom stereocenters. The number of ether oxygens (including phenoxy) is 1. The summed E-state index contributed by atoms with van der Waals surface area (Å²) in [6.45, 7) is 20.5. The van der Waals surface area contributed by atoms with Gasteiger partial charge in [0.1, 0.15) is 0 Å². The number of hydrogen-bond donors (Lipinski definition) is 0. The van der Waals surface area contributed by atoms with E-state index in [1.807, 2.05) is 36.5 Å². The molecule has 1 aliphatic heterocycles. The molecule has 0 bridgehead atoms. The summed E-state index contributed by atoms with van der Waals surface area (Å²) in [5.41, 5.74) is 10.9. The largest absolute Gasteiger partial charge is 2.00 e. The van der Waals surface area contributed by atoms with E-state index in [4.69, 9.17) is 9.72 Å². The Hall–Kier alpha value is -5.38. The molecule has 0 amide bonds. The van der Waals surface area contributed by atoms with Gasteiger partial charge in [0.2, 0.25) is 0 Å². The quantitative estimate of drug-likeness (QED) is 0.156. The molecule has 0 N–H and O–H groups in total. The fourth-order valence-corrected chi connectivity index (χ4v) is 7.87. The van der Waals surface area contributed by atoms with Gasteiger partial charge in [-0.25, -0.2) is 0 Å². The van der Waals surface area contributed by atoms with E-state index in [1.165, 1.54) is 16.7 Å². The van der Waals surface area contributed by atoms with Gasteiger partial charge in [0.25, 0.3) is 0 Å². The molecule has 6 heteroatoms. The predicted octanol–water partition coefficient (Wildman–Crippen LogP) is 13.0. The average Bonchev–Trinajstić information content (AvgIpc) is 3.19. The molecule has 0 saturated carbocycles. The van der Waals surface area contributed by atoms with Crippen molar-refractivity contribution in [3.05, 3.63) is 191 Å². The molecule has 0 radical (unpaired) electrons. The van der Waals surface area contributed by atoms with Gasteiger partial charge in [0.05, 0.1) is 28.3 Å². The molecule has 0 unspecified atom stereocenters. The van der Waals surface area contributed by atoms with E-state index in [0.717, 1.165) is 45.0 Å². The van der Waals surface area contributed by atoms with Crippen molar-refractivity contribution in [2.45, 2.75) is 84.0 Å². The van der Waals surface area contributed by atoms with Crippen LogP contribution in [-0.2, 0) is 42.7 Å². The van der Waals surface area contributed by atoms with E-state index in [9.17, 15) is 0 Å². The molecule has 5 nitrogen and oxygen atoms in total. The minimum atomic E-state index is -0.876. The molecule has 0 aliphatic carbocycles. The number of hydrogen-bond acceptors (Lipinski definition) is 5. The third-order valence-electron chi connectivity index (χ3n) is 11.0. The van der Waals surface area contributed by atoms with E-state index in [0.29, 0.717) is 17.3 Å². The summed E-state index contributed by atoms with van der Waals surface area (Å²) in [5, 5.41) is 0. The van der Waals surface area contributed by atoms with E-state index in [-0.39, 0.29) is 37.3 Å². The van der Waals surface area contributed by atoms with Crippen LogP contribution in [0.25, 0.3) is 11.4 Å². The molecule has 2 aromatic heterocycles. The zero-order valence-corrected chi connectivity index (χ0v) is 37.1. The summed E-state index contributed by atoms with van der Waals surface area (Å²) in [6, 6.07) is 50.3. The third kappa shape index (κ3) is 7.53. The Morgan fingerprint density at radius 2 is 1.05 bits per heavy atom. The second-order valence-corrected chi connectivity index (χ2v) is 18.1. The average molecular weight is 942 g/mol. The Bertz CT molecular complexity index is 2480. The molecule has 5 aromatic carbocycles. The Morgan fingerprint density at radius 1 is 0.517 bits per heavy atom. The van der Waals surface area contributed by atoms with Crippen molar-refractivity contribution in [3.8, 4) is 22.9 Å². The monoisotopic (exact) mass is 941 g/mol. The summed E-state index contributed by atoms with van der Waals surface area (Å²) >= 11 is 0. The molecule has 0 spiro atoms. The summed E-state index contributed by atoms with van der Waals surface area (Å²) in [5.74, 6) is 1.72. The minimum Gasteiger partial charge on any atom is -0.503 e. The Balaban J connectivity index is 0.00000512. The summed E-state index contributed by atoms with van der Waals surface area (Å²) in [4.78, 5) is 16.5. The normalized spacial score (nSPS) is 13.6. The number of aromatic nitrogens is 3. The first kappa shape index (κ1) is 40.8. The smallest absolute Gasteiger partial charge is 0.503 e. The van der Waals surface area contributed by atoms with Gasteiger partial charge < -0.3 is 9.64 Å². The van der Waals surface area contributed by atoms with E-state index >= 15 is 0 Å². The van der Waals surface area contributed by atoms with Crippen LogP contribution >= 0.6 is 0 Å². The maximum absolute atomic E-state index is 6.62. The van der Waals surface area contributed by atoms with E-state index in [1.54, 1.807) is 18.5 Å². The second-order valence-electron chi connectivity index (χ2n) is 18.1. The van der Waals surface area contributed by atoms with Gasteiger partial charge in [-0.1, -0.05) is 111 Å². The first-order chi connectivity index (χ1) is 27.1. The number of rotatable bonds is 6. The van der Waals surface area contributed by atoms with Gasteiger partial charge in [-0.15, -0.1) is 41.5 Å². The van der Waals surface area contributed by atoms with Crippen molar-refractivity contribution >= 4 is 17.1 Å². The van der Waals surface area contributed by atoms with Crippen LogP contribution in [0.5, 0.6) is 11.5 Å². The van der Waals surface area contributed by atoms with Gasteiger partial charge in [0.15, 0.2) is 0 Å². The van der Waals surface area contributed by atoms with Crippen molar-refractivity contribution < 1.29 is 25.8 Å². The van der Waals surface area contributed by atoms with E-state index in [2.05, 4.69) is 174 Å². The maximum atomic E-state index is 6.62. The minimum absolute atomic E-state index is 0. The summed E-state index contributed by atoms with van der Waals surface area (Å²) < 4.78 is 6.62. The standard InChI is InChI=1S/C52H50N4O.Pt/c1-49(2,3)36-20-24-40(25-21-36)56-45-26-22-37(50(4,5)6)33-43(45)52(47-19-10-11-28-53-47,44-34-38(51(7,8)9)23-27-46(44)56)39-16-13-18-42(32-39)57-41-17-12-15-35(31-41)48-54-29-14-30-55-48;/h10-30,33-34H,1-9H3;/q-2;+2. The Labute approximate surface area is 358 Å². The van der Waals surface area contributed by atoms with Crippen molar-refractivity contribution in [2.24, 2.45) is 0 Å².